The van der Waals surface area contributed by atoms with Gasteiger partial charge in [0.25, 0.3) is 5.91 Å². The topological polar surface area (TPSA) is 60.0 Å². The number of amides is 1. The summed E-state index contributed by atoms with van der Waals surface area (Å²) >= 11 is 0. The summed E-state index contributed by atoms with van der Waals surface area (Å²) in [5.41, 5.74) is 4.70. The van der Waals surface area contributed by atoms with Gasteiger partial charge >= 0.3 is 0 Å². The van der Waals surface area contributed by atoms with Crippen LogP contribution in [0.4, 0.5) is 10.1 Å². The fourth-order valence-electron chi connectivity index (χ4n) is 4.24. The molecule has 0 saturated heterocycles. The maximum Gasteiger partial charge on any atom is 0.260 e. The monoisotopic (exact) mass is 454 g/mol. The zero-order valence-corrected chi connectivity index (χ0v) is 19.3. The molecule has 0 radical (unpaired) electrons. The van der Waals surface area contributed by atoms with E-state index >= 15 is 0 Å². The molecule has 7 heteroatoms. The molecule has 0 aliphatic carbocycles. The molecule has 2 aromatic carbocycles. The number of nitrogens with zero attached hydrogens (tertiary/aromatic N) is 1. The number of hydrogen-bond acceptors (Lipinski definition) is 5. The number of rotatable bonds is 11. The lowest BCUT2D eigenvalue weighted by Gasteiger charge is -2.22. The summed E-state index contributed by atoms with van der Waals surface area (Å²) in [6.45, 7) is 9.92. The molecule has 4 rings (SSSR count). The Bertz CT molecular complexity index is 1030. The fourth-order valence-corrected chi connectivity index (χ4v) is 4.24. The predicted octanol–water partition coefficient (Wildman–Crippen LogP) is 4.09. The Hall–Kier alpha value is -2.74. The lowest BCUT2D eigenvalue weighted by Crippen LogP contribution is -2.33. The third-order valence-corrected chi connectivity index (χ3v) is 5.97. The Morgan fingerprint density at radius 1 is 1.00 bits per heavy atom. The van der Waals surface area contributed by atoms with Gasteiger partial charge in [0.05, 0.1) is 18.8 Å². The van der Waals surface area contributed by atoms with E-state index in [4.69, 9.17) is 14.2 Å². The number of hydrogen-bond donors (Lipinski definition) is 1. The number of carbonyl (C=O) groups excluding carboxylic acids is 1. The van der Waals surface area contributed by atoms with Crippen LogP contribution in [0, 0.1) is 5.82 Å². The first-order valence-electron chi connectivity index (χ1n) is 11.6. The van der Waals surface area contributed by atoms with Crippen LogP contribution in [0.1, 0.15) is 36.1 Å². The first kappa shape index (κ1) is 23.4. The van der Waals surface area contributed by atoms with Gasteiger partial charge in [-0.15, -0.1) is 0 Å². The minimum atomic E-state index is -0.379. The molecule has 1 N–H and O–H groups in total. The number of benzene rings is 2. The Balaban J connectivity index is 1.48. The highest BCUT2D eigenvalue weighted by Gasteiger charge is 2.32. The lowest BCUT2D eigenvalue weighted by atomic mass is 9.98. The number of halogens is 1. The van der Waals surface area contributed by atoms with Gasteiger partial charge in [-0.1, -0.05) is 18.2 Å². The molecule has 1 amide bonds. The van der Waals surface area contributed by atoms with Crippen molar-refractivity contribution in [2.24, 2.45) is 0 Å². The van der Waals surface area contributed by atoms with E-state index < -0.39 is 0 Å². The molecule has 0 saturated carbocycles. The van der Waals surface area contributed by atoms with Crippen LogP contribution >= 0.6 is 0 Å². The number of fused-ring (bicyclic) bond motifs is 2. The Labute approximate surface area is 194 Å². The van der Waals surface area contributed by atoms with Crippen molar-refractivity contribution in [1.29, 1.82) is 0 Å². The first-order valence-corrected chi connectivity index (χ1v) is 11.6. The maximum absolute atomic E-state index is 13.8. The van der Waals surface area contributed by atoms with Crippen LogP contribution in [0.5, 0.6) is 0 Å². The molecule has 2 aliphatic heterocycles. The van der Waals surface area contributed by atoms with Gasteiger partial charge in [0.2, 0.25) is 0 Å². The molecular weight excluding hydrogens is 423 g/mol. The second-order valence-corrected chi connectivity index (χ2v) is 8.11. The van der Waals surface area contributed by atoms with Gasteiger partial charge in [-0.25, -0.2) is 4.39 Å². The molecule has 33 heavy (non-hydrogen) atoms. The summed E-state index contributed by atoms with van der Waals surface area (Å²) < 4.78 is 30.8. The van der Waals surface area contributed by atoms with Gasteiger partial charge in [-0.3, -0.25) is 9.69 Å². The second kappa shape index (κ2) is 10.9. The molecule has 2 aromatic rings. The predicted molar refractivity (Wildman–Crippen MR) is 126 cm³/mol. The van der Waals surface area contributed by atoms with Gasteiger partial charge in [-0.05, 0) is 44.0 Å². The minimum Gasteiger partial charge on any atom is -0.487 e. The molecule has 2 heterocycles. The summed E-state index contributed by atoms with van der Waals surface area (Å²) in [7, 11) is 0. The number of anilines is 1. The van der Waals surface area contributed by atoms with Crippen LogP contribution in [0.3, 0.4) is 0 Å². The van der Waals surface area contributed by atoms with Crippen LogP contribution in [0.15, 0.2) is 36.4 Å². The zero-order valence-electron chi connectivity index (χ0n) is 19.3. The standard InChI is InChI=1S/C26H31FN2O4/c1-3-31-13-11-29(12-14-32-4-2)10-9-18-5-7-21-19(15-18)17-33-25(21)24-22-16-20(27)6-8-23(22)28-26(24)30/h5-8,15-16H,3-4,9-14,17H2,1-2H3,(H,28,30). The van der Waals surface area contributed by atoms with Gasteiger partial charge in [-0.2, -0.15) is 0 Å². The van der Waals surface area contributed by atoms with Crippen molar-refractivity contribution in [2.75, 3.05) is 51.4 Å². The average molecular weight is 455 g/mol. The lowest BCUT2D eigenvalue weighted by molar-refractivity contribution is -0.110. The molecule has 0 bridgehead atoms. The first-order chi connectivity index (χ1) is 16.1. The quantitative estimate of drug-likeness (QED) is 0.409. The fraction of sp³-hybridized carbons (Fsp3) is 0.423. The van der Waals surface area contributed by atoms with Gasteiger partial charge < -0.3 is 19.5 Å². The van der Waals surface area contributed by atoms with Crippen molar-refractivity contribution < 1.29 is 23.4 Å². The average Bonchev–Trinajstić information content (AvgIpc) is 3.36. The smallest absolute Gasteiger partial charge is 0.260 e. The maximum atomic E-state index is 13.8. The highest BCUT2D eigenvalue weighted by molar-refractivity contribution is 6.36. The van der Waals surface area contributed by atoms with E-state index in [1.165, 1.54) is 17.7 Å². The third-order valence-electron chi connectivity index (χ3n) is 5.97. The molecule has 0 aromatic heterocycles. The highest BCUT2D eigenvalue weighted by Crippen LogP contribution is 2.41. The van der Waals surface area contributed by atoms with E-state index in [1.54, 1.807) is 6.07 Å². The van der Waals surface area contributed by atoms with Crippen molar-refractivity contribution in [1.82, 2.24) is 4.90 Å². The Kier molecular flexibility index (Phi) is 7.75. The molecule has 0 fully saturated rings. The van der Waals surface area contributed by atoms with Crippen molar-refractivity contribution in [3.05, 3.63) is 64.5 Å². The van der Waals surface area contributed by atoms with Crippen molar-refractivity contribution >= 4 is 22.9 Å². The molecule has 176 valence electrons. The molecule has 2 aliphatic rings. The second-order valence-electron chi connectivity index (χ2n) is 8.11. The molecular formula is C26H31FN2O4. The number of nitrogens with one attached hydrogen (secondary N) is 1. The molecule has 0 atom stereocenters. The molecule has 6 nitrogen and oxygen atoms in total. The number of ether oxygens (including phenoxy) is 3. The zero-order chi connectivity index (χ0) is 23.2. The summed E-state index contributed by atoms with van der Waals surface area (Å²) in [5.74, 6) is -0.120. The van der Waals surface area contributed by atoms with Crippen LogP contribution in [-0.4, -0.2) is 56.9 Å². The van der Waals surface area contributed by atoms with Gasteiger partial charge in [0.15, 0.2) is 0 Å². The Morgan fingerprint density at radius 3 is 2.48 bits per heavy atom. The van der Waals surface area contributed by atoms with Crippen molar-refractivity contribution in [3.63, 3.8) is 0 Å². The third kappa shape index (κ3) is 5.43. The summed E-state index contributed by atoms with van der Waals surface area (Å²) in [6, 6.07) is 10.5. The highest BCUT2D eigenvalue weighted by atomic mass is 19.1. The van der Waals surface area contributed by atoms with E-state index in [0.717, 1.165) is 50.4 Å². The van der Waals surface area contributed by atoms with E-state index in [2.05, 4.69) is 22.3 Å². The summed E-state index contributed by atoms with van der Waals surface area (Å²) in [6.07, 6.45) is 0.895. The Morgan fingerprint density at radius 2 is 1.76 bits per heavy atom. The van der Waals surface area contributed by atoms with Crippen LogP contribution in [0.25, 0.3) is 11.3 Å². The van der Waals surface area contributed by atoms with Crippen molar-refractivity contribution in [2.45, 2.75) is 26.9 Å². The van der Waals surface area contributed by atoms with Gasteiger partial charge in [0, 0.05) is 55.2 Å². The largest absolute Gasteiger partial charge is 0.487 e. The van der Waals surface area contributed by atoms with E-state index in [1.807, 2.05) is 19.9 Å². The van der Waals surface area contributed by atoms with E-state index in [9.17, 15) is 9.18 Å². The molecule has 0 spiro atoms. The summed E-state index contributed by atoms with van der Waals surface area (Å²) in [5, 5.41) is 2.80. The molecule has 0 unspecified atom stereocenters. The van der Waals surface area contributed by atoms with Gasteiger partial charge in [0.1, 0.15) is 18.2 Å². The van der Waals surface area contributed by atoms with Crippen LogP contribution in [0.2, 0.25) is 0 Å². The van der Waals surface area contributed by atoms with Crippen LogP contribution < -0.4 is 5.32 Å². The minimum absolute atomic E-state index is 0.262. The number of carbonyl (C=O) groups is 1. The summed E-state index contributed by atoms with van der Waals surface area (Å²) in [4.78, 5) is 15.0. The van der Waals surface area contributed by atoms with Crippen molar-refractivity contribution in [3.8, 4) is 0 Å². The van der Waals surface area contributed by atoms with Crippen LogP contribution in [-0.2, 0) is 32.0 Å². The normalized spacial score (nSPS) is 16.7. The van der Waals surface area contributed by atoms with E-state index in [0.29, 0.717) is 42.4 Å². The SMILES string of the molecule is CCOCCN(CCOCC)CCc1ccc2c(c1)COC2=C1C(=O)Nc2ccc(F)cc21. The van der Waals surface area contributed by atoms with E-state index in [-0.39, 0.29) is 11.7 Å².